The van der Waals surface area contributed by atoms with Gasteiger partial charge in [0.1, 0.15) is 5.82 Å². The average Bonchev–Trinajstić information content (AvgIpc) is 2.39. The lowest BCUT2D eigenvalue weighted by Gasteiger charge is -2.28. The Morgan fingerprint density at radius 1 is 1.56 bits per heavy atom. The molecular formula is C14H21ClN2O. The smallest absolute Gasteiger partial charge is 0.131 e. The summed E-state index contributed by atoms with van der Waals surface area (Å²) in [5.74, 6) is 2.20. The van der Waals surface area contributed by atoms with Crippen LogP contribution in [0.25, 0.3) is 0 Å². The first kappa shape index (κ1) is 13.6. The predicted octanol–water partition coefficient (Wildman–Crippen LogP) is 2.99. The van der Waals surface area contributed by atoms with E-state index in [1.54, 1.807) is 0 Å². The van der Waals surface area contributed by atoms with Crippen LogP contribution in [-0.2, 0) is 10.6 Å². The third kappa shape index (κ3) is 3.36. The van der Waals surface area contributed by atoms with Crippen LogP contribution in [0.15, 0.2) is 12.3 Å². The van der Waals surface area contributed by atoms with Crippen molar-refractivity contribution >= 4 is 17.4 Å². The molecule has 0 aliphatic carbocycles. The highest BCUT2D eigenvalue weighted by Gasteiger charge is 2.17. The second kappa shape index (κ2) is 6.39. The quantitative estimate of drug-likeness (QED) is 0.785. The number of ether oxygens (including phenoxy) is 1. The van der Waals surface area contributed by atoms with Gasteiger partial charge in [-0.15, -0.1) is 11.6 Å². The van der Waals surface area contributed by atoms with Gasteiger partial charge in [-0.3, -0.25) is 0 Å². The first-order chi connectivity index (χ1) is 8.70. The standard InChI is InChI=1S/C14H21ClN2O/c1-11-6-13(7-15)8-16-14(11)17(2)9-12-4-3-5-18-10-12/h6,8,12H,3-5,7,9-10H2,1-2H3. The number of halogens is 1. The molecule has 0 spiro atoms. The summed E-state index contributed by atoms with van der Waals surface area (Å²) in [6, 6.07) is 2.11. The normalized spacial score (nSPS) is 19.8. The molecule has 1 aromatic heterocycles. The van der Waals surface area contributed by atoms with Gasteiger partial charge in [0.15, 0.2) is 0 Å². The summed E-state index contributed by atoms with van der Waals surface area (Å²) in [6.45, 7) is 4.89. The van der Waals surface area contributed by atoms with Crippen molar-refractivity contribution in [2.45, 2.75) is 25.6 Å². The molecule has 4 heteroatoms. The fraction of sp³-hybridized carbons (Fsp3) is 0.643. The lowest BCUT2D eigenvalue weighted by Crippen LogP contribution is -2.31. The second-order valence-electron chi connectivity index (χ2n) is 5.08. The van der Waals surface area contributed by atoms with Crippen molar-refractivity contribution in [1.29, 1.82) is 0 Å². The van der Waals surface area contributed by atoms with Gasteiger partial charge in [-0.05, 0) is 42.9 Å². The maximum Gasteiger partial charge on any atom is 0.131 e. The van der Waals surface area contributed by atoms with Crippen molar-refractivity contribution in [1.82, 2.24) is 4.98 Å². The molecule has 0 amide bonds. The van der Waals surface area contributed by atoms with E-state index < -0.39 is 0 Å². The van der Waals surface area contributed by atoms with Crippen LogP contribution in [0.3, 0.4) is 0 Å². The van der Waals surface area contributed by atoms with E-state index in [2.05, 4.69) is 29.9 Å². The Kier molecular flexibility index (Phi) is 4.84. The molecule has 1 aliphatic heterocycles. The van der Waals surface area contributed by atoms with Crippen molar-refractivity contribution in [3.63, 3.8) is 0 Å². The highest BCUT2D eigenvalue weighted by molar-refractivity contribution is 6.17. The molecule has 1 saturated heterocycles. The molecule has 2 heterocycles. The van der Waals surface area contributed by atoms with Gasteiger partial charge in [-0.2, -0.15) is 0 Å². The van der Waals surface area contributed by atoms with Crippen LogP contribution < -0.4 is 4.90 Å². The summed E-state index contributed by atoms with van der Waals surface area (Å²) >= 11 is 5.82. The first-order valence-corrected chi connectivity index (χ1v) is 7.04. The number of rotatable bonds is 4. The summed E-state index contributed by atoms with van der Waals surface area (Å²) in [5, 5.41) is 0. The molecule has 1 atom stereocenters. The first-order valence-electron chi connectivity index (χ1n) is 6.51. The van der Waals surface area contributed by atoms with Gasteiger partial charge in [0, 0.05) is 32.3 Å². The molecule has 100 valence electrons. The molecule has 1 aliphatic rings. The number of anilines is 1. The number of aromatic nitrogens is 1. The number of alkyl halides is 1. The molecule has 0 aromatic carbocycles. The minimum absolute atomic E-state index is 0.522. The molecular weight excluding hydrogens is 248 g/mol. The van der Waals surface area contributed by atoms with E-state index in [1.807, 2.05) is 6.20 Å². The highest BCUT2D eigenvalue weighted by atomic mass is 35.5. The highest BCUT2D eigenvalue weighted by Crippen LogP contribution is 2.21. The third-order valence-corrected chi connectivity index (χ3v) is 3.72. The van der Waals surface area contributed by atoms with Gasteiger partial charge >= 0.3 is 0 Å². The molecule has 0 saturated carbocycles. The Labute approximate surface area is 114 Å². The van der Waals surface area contributed by atoms with Crippen LogP contribution in [0.4, 0.5) is 5.82 Å². The zero-order valence-electron chi connectivity index (χ0n) is 11.2. The molecule has 1 unspecified atom stereocenters. The van der Waals surface area contributed by atoms with Crippen molar-refractivity contribution in [3.05, 3.63) is 23.4 Å². The fourth-order valence-electron chi connectivity index (χ4n) is 2.52. The number of nitrogens with zero attached hydrogens (tertiary/aromatic N) is 2. The topological polar surface area (TPSA) is 25.4 Å². The maximum atomic E-state index is 5.82. The van der Waals surface area contributed by atoms with Crippen LogP contribution in [0.2, 0.25) is 0 Å². The Hall–Kier alpha value is -0.800. The van der Waals surface area contributed by atoms with Crippen LogP contribution in [0, 0.1) is 12.8 Å². The lowest BCUT2D eigenvalue weighted by molar-refractivity contribution is 0.0576. The minimum Gasteiger partial charge on any atom is -0.381 e. The number of aryl methyl sites for hydroxylation is 1. The number of pyridine rings is 1. The van der Waals surface area contributed by atoms with Gasteiger partial charge < -0.3 is 9.64 Å². The Bertz CT molecular complexity index is 391. The van der Waals surface area contributed by atoms with E-state index >= 15 is 0 Å². The van der Waals surface area contributed by atoms with E-state index in [4.69, 9.17) is 16.3 Å². The fourth-order valence-corrected chi connectivity index (χ4v) is 2.67. The Balaban J connectivity index is 2.01. The predicted molar refractivity (Wildman–Crippen MR) is 75.3 cm³/mol. The summed E-state index contributed by atoms with van der Waals surface area (Å²) in [6.07, 6.45) is 4.29. The SMILES string of the molecule is Cc1cc(CCl)cnc1N(C)CC1CCCOC1. The molecule has 0 radical (unpaired) electrons. The van der Waals surface area contributed by atoms with Crippen LogP contribution in [-0.4, -0.2) is 31.8 Å². The summed E-state index contributed by atoms with van der Waals surface area (Å²) in [4.78, 5) is 6.74. The van der Waals surface area contributed by atoms with Gasteiger partial charge in [0.25, 0.3) is 0 Å². The number of hydrogen-bond donors (Lipinski definition) is 0. The summed E-state index contributed by atoms with van der Waals surface area (Å²) in [7, 11) is 2.10. The van der Waals surface area contributed by atoms with E-state index in [0.29, 0.717) is 11.8 Å². The summed E-state index contributed by atoms with van der Waals surface area (Å²) < 4.78 is 5.52. The third-order valence-electron chi connectivity index (χ3n) is 3.41. The lowest BCUT2D eigenvalue weighted by atomic mass is 10.0. The molecule has 0 bridgehead atoms. The van der Waals surface area contributed by atoms with Crippen LogP contribution in [0.5, 0.6) is 0 Å². The molecule has 1 fully saturated rings. The number of hydrogen-bond acceptors (Lipinski definition) is 3. The molecule has 18 heavy (non-hydrogen) atoms. The molecule has 2 rings (SSSR count). The largest absolute Gasteiger partial charge is 0.381 e. The maximum absolute atomic E-state index is 5.82. The second-order valence-corrected chi connectivity index (χ2v) is 5.35. The monoisotopic (exact) mass is 268 g/mol. The van der Waals surface area contributed by atoms with Gasteiger partial charge in [-0.1, -0.05) is 0 Å². The minimum atomic E-state index is 0.522. The van der Waals surface area contributed by atoms with Gasteiger partial charge in [-0.25, -0.2) is 4.98 Å². The van der Waals surface area contributed by atoms with Crippen LogP contribution >= 0.6 is 11.6 Å². The van der Waals surface area contributed by atoms with Gasteiger partial charge in [0.05, 0.1) is 6.61 Å². The van der Waals surface area contributed by atoms with Crippen molar-refractivity contribution in [3.8, 4) is 0 Å². The van der Waals surface area contributed by atoms with E-state index in [0.717, 1.165) is 31.1 Å². The summed E-state index contributed by atoms with van der Waals surface area (Å²) in [5.41, 5.74) is 2.26. The molecule has 3 nitrogen and oxygen atoms in total. The van der Waals surface area contributed by atoms with Gasteiger partial charge in [0.2, 0.25) is 0 Å². The van der Waals surface area contributed by atoms with Crippen molar-refractivity contribution < 1.29 is 4.74 Å². The Morgan fingerprint density at radius 3 is 3.00 bits per heavy atom. The van der Waals surface area contributed by atoms with E-state index in [9.17, 15) is 0 Å². The van der Waals surface area contributed by atoms with Crippen molar-refractivity contribution in [2.24, 2.45) is 5.92 Å². The van der Waals surface area contributed by atoms with Crippen LogP contribution in [0.1, 0.15) is 24.0 Å². The Morgan fingerprint density at radius 2 is 2.39 bits per heavy atom. The van der Waals surface area contributed by atoms with E-state index in [-0.39, 0.29) is 0 Å². The average molecular weight is 269 g/mol. The molecule has 1 aromatic rings. The zero-order chi connectivity index (χ0) is 13.0. The zero-order valence-corrected chi connectivity index (χ0v) is 11.9. The molecule has 0 N–H and O–H groups in total. The van der Waals surface area contributed by atoms with Crippen molar-refractivity contribution in [2.75, 3.05) is 31.7 Å². The van der Waals surface area contributed by atoms with E-state index in [1.165, 1.54) is 18.4 Å².